The van der Waals surface area contributed by atoms with Crippen LogP contribution in [-0.2, 0) is 11.2 Å². The summed E-state index contributed by atoms with van der Waals surface area (Å²) in [5.41, 5.74) is 0. The van der Waals surface area contributed by atoms with Crippen LogP contribution in [0, 0.1) is 0 Å². The molecule has 1 aromatic rings. The number of methoxy groups -OCH3 is 1. The van der Waals surface area contributed by atoms with Crippen LogP contribution in [0.4, 0.5) is 0 Å². The van der Waals surface area contributed by atoms with E-state index in [1.807, 2.05) is 0 Å². The maximum atomic E-state index is 5.59. The van der Waals surface area contributed by atoms with Crippen molar-refractivity contribution < 1.29 is 9.15 Å². The van der Waals surface area contributed by atoms with Crippen LogP contribution in [0.15, 0.2) is 10.6 Å². The van der Waals surface area contributed by atoms with Gasteiger partial charge in [0.15, 0.2) is 0 Å². The van der Waals surface area contributed by atoms with Gasteiger partial charge in [-0.25, -0.2) is 4.98 Å². The second-order valence-corrected chi connectivity index (χ2v) is 3.58. The predicted octanol–water partition coefficient (Wildman–Crippen LogP) is 1.92. The molecule has 0 aromatic carbocycles. The molecule has 0 saturated carbocycles. The first-order chi connectivity index (χ1) is 7.27. The maximum absolute atomic E-state index is 5.59. The third-order valence-corrected chi connectivity index (χ3v) is 2.19. The lowest BCUT2D eigenvalue weighted by Gasteiger charge is -2.08. The Morgan fingerprint density at radius 2 is 2.40 bits per heavy atom. The van der Waals surface area contributed by atoms with Crippen LogP contribution in [0.25, 0.3) is 0 Å². The number of oxazole rings is 1. The number of rotatable bonds is 7. The second kappa shape index (κ2) is 6.58. The highest BCUT2D eigenvalue weighted by Crippen LogP contribution is 2.12. The van der Waals surface area contributed by atoms with Crippen LogP contribution in [0.1, 0.15) is 38.0 Å². The molecular formula is C11H20N2O2. The largest absolute Gasteiger partial charge is 0.444 e. The molecule has 4 nitrogen and oxygen atoms in total. The first-order valence-corrected chi connectivity index (χ1v) is 5.44. The van der Waals surface area contributed by atoms with E-state index in [1.54, 1.807) is 13.3 Å². The minimum atomic E-state index is 0.182. The summed E-state index contributed by atoms with van der Waals surface area (Å²) in [5.74, 6) is 1.64. The van der Waals surface area contributed by atoms with Gasteiger partial charge in [0, 0.05) is 13.5 Å². The quantitative estimate of drug-likeness (QED) is 0.750. The fourth-order valence-corrected chi connectivity index (χ4v) is 1.29. The molecule has 1 unspecified atom stereocenters. The summed E-state index contributed by atoms with van der Waals surface area (Å²) in [7, 11) is 1.68. The van der Waals surface area contributed by atoms with Gasteiger partial charge in [-0.2, -0.15) is 0 Å². The van der Waals surface area contributed by atoms with Gasteiger partial charge in [-0.3, -0.25) is 0 Å². The van der Waals surface area contributed by atoms with Crippen molar-refractivity contribution in [3.63, 3.8) is 0 Å². The van der Waals surface area contributed by atoms with Crippen molar-refractivity contribution in [2.75, 3.05) is 20.3 Å². The van der Waals surface area contributed by atoms with Gasteiger partial charge in [0.25, 0.3) is 0 Å². The van der Waals surface area contributed by atoms with E-state index in [1.165, 1.54) is 0 Å². The smallest absolute Gasteiger partial charge is 0.211 e. The minimum absolute atomic E-state index is 0.182. The fourth-order valence-electron chi connectivity index (χ4n) is 1.29. The lowest BCUT2D eigenvalue weighted by Crippen LogP contribution is -2.19. The van der Waals surface area contributed by atoms with Crippen LogP contribution < -0.4 is 5.32 Å². The normalized spacial score (nSPS) is 13.0. The SMILES string of the molecule is CCCNC(C)c1ncc(CCOC)o1. The molecule has 0 spiro atoms. The van der Waals surface area contributed by atoms with E-state index in [9.17, 15) is 0 Å². The molecule has 1 aromatic heterocycles. The van der Waals surface area contributed by atoms with Gasteiger partial charge in [0.1, 0.15) is 5.76 Å². The van der Waals surface area contributed by atoms with Gasteiger partial charge in [-0.1, -0.05) is 6.92 Å². The topological polar surface area (TPSA) is 47.3 Å². The monoisotopic (exact) mass is 212 g/mol. The van der Waals surface area contributed by atoms with Crippen molar-refractivity contribution in [2.45, 2.75) is 32.7 Å². The van der Waals surface area contributed by atoms with Gasteiger partial charge < -0.3 is 14.5 Å². The highest BCUT2D eigenvalue weighted by atomic mass is 16.5. The summed E-state index contributed by atoms with van der Waals surface area (Å²) < 4.78 is 10.6. The number of hydrogen-bond acceptors (Lipinski definition) is 4. The zero-order valence-electron chi connectivity index (χ0n) is 9.75. The molecular weight excluding hydrogens is 192 g/mol. The molecule has 1 N–H and O–H groups in total. The summed E-state index contributed by atoms with van der Waals surface area (Å²) in [5, 5.41) is 3.33. The zero-order chi connectivity index (χ0) is 11.1. The standard InChI is InChI=1S/C11H20N2O2/c1-4-6-12-9(2)11-13-8-10(15-11)5-7-14-3/h8-9,12H,4-7H2,1-3H3. The van der Waals surface area contributed by atoms with E-state index in [4.69, 9.17) is 9.15 Å². The van der Waals surface area contributed by atoms with Crippen LogP contribution in [0.5, 0.6) is 0 Å². The Kier molecular flexibility index (Phi) is 5.36. The second-order valence-electron chi connectivity index (χ2n) is 3.58. The maximum Gasteiger partial charge on any atom is 0.211 e. The van der Waals surface area contributed by atoms with E-state index in [2.05, 4.69) is 24.1 Å². The summed E-state index contributed by atoms with van der Waals surface area (Å²) in [6.07, 6.45) is 3.67. The van der Waals surface area contributed by atoms with Crippen LogP contribution in [0.2, 0.25) is 0 Å². The van der Waals surface area contributed by atoms with Gasteiger partial charge in [-0.05, 0) is 19.9 Å². The predicted molar refractivity (Wildman–Crippen MR) is 58.8 cm³/mol. The van der Waals surface area contributed by atoms with Gasteiger partial charge >= 0.3 is 0 Å². The third kappa shape index (κ3) is 4.01. The van der Waals surface area contributed by atoms with Crippen molar-refractivity contribution in [1.82, 2.24) is 10.3 Å². The van der Waals surface area contributed by atoms with Crippen molar-refractivity contribution in [3.8, 4) is 0 Å². The van der Waals surface area contributed by atoms with Crippen molar-refractivity contribution in [2.24, 2.45) is 0 Å². The highest BCUT2D eigenvalue weighted by Gasteiger charge is 2.10. The molecule has 1 heterocycles. The molecule has 0 aliphatic rings. The Morgan fingerprint density at radius 1 is 1.60 bits per heavy atom. The Hall–Kier alpha value is -0.870. The zero-order valence-corrected chi connectivity index (χ0v) is 9.75. The van der Waals surface area contributed by atoms with Crippen LogP contribution in [0.3, 0.4) is 0 Å². The minimum Gasteiger partial charge on any atom is -0.444 e. The van der Waals surface area contributed by atoms with Crippen LogP contribution >= 0.6 is 0 Å². The first-order valence-electron chi connectivity index (χ1n) is 5.44. The Balaban J connectivity index is 2.43. The fraction of sp³-hybridized carbons (Fsp3) is 0.727. The molecule has 15 heavy (non-hydrogen) atoms. The van der Waals surface area contributed by atoms with Gasteiger partial charge in [0.05, 0.1) is 18.8 Å². The average Bonchev–Trinajstić information content (AvgIpc) is 2.71. The number of ether oxygens (including phenoxy) is 1. The number of aromatic nitrogens is 1. The van der Waals surface area contributed by atoms with Gasteiger partial charge in [0.2, 0.25) is 5.89 Å². The molecule has 0 aliphatic carbocycles. The number of nitrogens with one attached hydrogen (secondary N) is 1. The molecule has 0 amide bonds. The van der Waals surface area contributed by atoms with E-state index in [-0.39, 0.29) is 6.04 Å². The molecule has 4 heteroatoms. The average molecular weight is 212 g/mol. The molecule has 0 fully saturated rings. The number of hydrogen-bond donors (Lipinski definition) is 1. The van der Waals surface area contributed by atoms with E-state index in [0.29, 0.717) is 6.61 Å². The summed E-state index contributed by atoms with van der Waals surface area (Å²) in [4.78, 5) is 4.24. The van der Waals surface area contributed by atoms with Crippen molar-refractivity contribution in [1.29, 1.82) is 0 Å². The molecule has 0 bridgehead atoms. The molecule has 0 aliphatic heterocycles. The Morgan fingerprint density at radius 3 is 3.07 bits per heavy atom. The highest BCUT2D eigenvalue weighted by molar-refractivity contribution is 4.97. The molecule has 86 valence electrons. The van der Waals surface area contributed by atoms with E-state index in [0.717, 1.165) is 31.0 Å². The lowest BCUT2D eigenvalue weighted by atomic mass is 10.3. The summed E-state index contributed by atoms with van der Waals surface area (Å²) in [6.45, 7) is 5.85. The van der Waals surface area contributed by atoms with Crippen LogP contribution in [-0.4, -0.2) is 25.2 Å². The van der Waals surface area contributed by atoms with Crippen molar-refractivity contribution in [3.05, 3.63) is 17.8 Å². The number of nitrogens with zero attached hydrogens (tertiary/aromatic N) is 1. The van der Waals surface area contributed by atoms with Gasteiger partial charge in [-0.15, -0.1) is 0 Å². The van der Waals surface area contributed by atoms with Crippen molar-refractivity contribution >= 4 is 0 Å². The van der Waals surface area contributed by atoms with E-state index < -0.39 is 0 Å². The first kappa shape index (κ1) is 12.2. The summed E-state index contributed by atoms with van der Waals surface area (Å²) in [6, 6.07) is 0.182. The molecule has 0 radical (unpaired) electrons. The molecule has 0 saturated heterocycles. The summed E-state index contributed by atoms with van der Waals surface area (Å²) >= 11 is 0. The molecule has 1 atom stereocenters. The third-order valence-electron chi connectivity index (χ3n) is 2.19. The van der Waals surface area contributed by atoms with E-state index >= 15 is 0 Å². The Labute approximate surface area is 91.0 Å². The Bertz CT molecular complexity index is 273. The molecule has 1 rings (SSSR count). The lowest BCUT2D eigenvalue weighted by molar-refractivity contribution is 0.195.